The summed E-state index contributed by atoms with van der Waals surface area (Å²) >= 11 is 0. The number of hydrogen-bond acceptors (Lipinski definition) is 14. The molecule has 0 aliphatic carbocycles. The van der Waals surface area contributed by atoms with Gasteiger partial charge in [-0.2, -0.15) is 0 Å². The van der Waals surface area contributed by atoms with Crippen LogP contribution in [0.4, 0.5) is 23.0 Å². The van der Waals surface area contributed by atoms with Crippen LogP contribution >= 0.6 is 0 Å². The lowest BCUT2D eigenvalue weighted by molar-refractivity contribution is 0.0224. The van der Waals surface area contributed by atoms with Crippen molar-refractivity contribution in [3.05, 3.63) is 96.6 Å². The summed E-state index contributed by atoms with van der Waals surface area (Å²) in [6, 6.07) is 22.4. The van der Waals surface area contributed by atoms with Gasteiger partial charge in [0, 0.05) is 45.4 Å². The van der Waals surface area contributed by atoms with Crippen LogP contribution in [0, 0.1) is 24.7 Å². The average molecular weight is 783 g/mol. The van der Waals surface area contributed by atoms with E-state index in [9.17, 15) is 0 Å². The number of terminal acetylenes is 2. The van der Waals surface area contributed by atoms with Crippen LogP contribution in [0.15, 0.2) is 85.5 Å². The van der Waals surface area contributed by atoms with Crippen LogP contribution in [0.3, 0.4) is 0 Å². The van der Waals surface area contributed by atoms with E-state index in [0.29, 0.717) is 98.5 Å². The van der Waals surface area contributed by atoms with Crippen molar-refractivity contribution in [1.29, 1.82) is 0 Å². The standard InChI is InChI=1S/C44H42N6O8/c1-3-31-7-5-9-33(23-31)49-43-35-25-39-41(27-37(35)45-29-47-43)57-21-17-53-14-12-52-16-20-56-40-26-36-38(28-42(40)58-22-18-54-13-11-51-15-19-55-39)46-30-48-44(36)50-34-10-6-8-32(4-2)24-34/h1-2,5-10,23-30H,11-22H2,(H,45,47,49)(H,46,48,50). The molecule has 0 bridgehead atoms. The molecule has 0 spiro atoms. The second-order valence-electron chi connectivity index (χ2n) is 12.6. The minimum atomic E-state index is 0.266. The average Bonchev–Trinajstić information content (AvgIpc) is 3.25. The largest absolute Gasteiger partial charge is 0.487 e. The van der Waals surface area contributed by atoms with Gasteiger partial charge in [-0.3, -0.25) is 0 Å². The Morgan fingerprint density at radius 1 is 0.431 bits per heavy atom. The summed E-state index contributed by atoms with van der Waals surface area (Å²) in [5, 5.41) is 8.17. The first-order valence-corrected chi connectivity index (χ1v) is 18.7. The second-order valence-corrected chi connectivity index (χ2v) is 12.6. The Bertz CT molecular complexity index is 2230. The molecule has 0 radical (unpaired) electrons. The summed E-state index contributed by atoms with van der Waals surface area (Å²) in [5.41, 5.74) is 4.44. The highest BCUT2D eigenvalue weighted by Gasteiger charge is 2.15. The fourth-order valence-electron chi connectivity index (χ4n) is 5.91. The fourth-order valence-corrected chi connectivity index (χ4v) is 5.91. The zero-order valence-electron chi connectivity index (χ0n) is 31.8. The number of aromatic nitrogens is 4. The third kappa shape index (κ3) is 10.8. The number of hydrogen-bond donors (Lipinski definition) is 2. The third-order valence-corrected chi connectivity index (χ3v) is 8.67. The SMILES string of the molecule is C#Cc1cccc(Nc2ncnc3cc4c(cc23)OCCOCCOCCOc2cc3ncnc(Nc5cccc(C#C)c5)c3cc2OCCOCCOCCO4)c1. The minimum Gasteiger partial charge on any atom is -0.487 e. The Balaban J connectivity index is 0.992. The molecule has 7 rings (SSSR count). The molecule has 0 saturated heterocycles. The highest BCUT2D eigenvalue weighted by atomic mass is 16.6. The first-order valence-electron chi connectivity index (χ1n) is 18.7. The Morgan fingerprint density at radius 2 is 0.793 bits per heavy atom. The topological polar surface area (TPSA) is 149 Å². The van der Waals surface area contributed by atoms with Crippen molar-refractivity contribution < 1.29 is 37.9 Å². The van der Waals surface area contributed by atoms with Crippen molar-refractivity contribution in [2.24, 2.45) is 0 Å². The number of fused-ring (bicyclic) bond motifs is 4. The lowest BCUT2D eigenvalue weighted by Crippen LogP contribution is -2.15. The monoisotopic (exact) mass is 782 g/mol. The molecule has 3 heterocycles. The zero-order valence-corrected chi connectivity index (χ0v) is 31.8. The summed E-state index contributed by atoms with van der Waals surface area (Å²) in [6.45, 7) is 3.82. The highest BCUT2D eigenvalue weighted by molar-refractivity contribution is 5.94. The molecule has 0 saturated carbocycles. The molecule has 0 amide bonds. The predicted molar refractivity (Wildman–Crippen MR) is 220 cm³/mol. The van der Waals surface area contributed by atoms with Gasteiger partial charge in [-0.1, -0.05) is 24.0 Å². The van der Waals surface area contributed by atoms with Gasteiger partial charge in [-0.25, -0.2) is 19.9 Å². The molecule has 0 unspecified atom stereocenters. The van der Waals surface area contributed by atoms with Gasteiger partial charge in [0.2, 0.25) is 0 Å². The number of nitrogens with one attached hydrogen (secondary N) is 2. The summed E-state index contributed by atoms with van der Waals surface area (Å²) in [7, 11) is 0. The lowest BCUT2D eigenvalue weighted by atomic mass is 10.2. The fraction of sp³-hybridized carbons (Fsp3) is 0.273. The zero-order chi connectivity index (χ0) is 39.8. The van der Waals surface area contributed by atoms with Crippen molar-refractivity contribution in [3.63, 3.8) is 0 Å². The van der Waals surface area contributed by atoms with Gasteiger partial charge < -0.3 is 48.5 Å². The Kier molecular flexibility index (Phi) is 14.0. The van der Waals surface area contributed by atoms with E-state index >= 15 is 0 Å². The molecule has 2 N–H and O–H groups in total. The molecule has 2 aromatic heterocycles. The summed E-state index contributed by atoms with van der Waals surface area (Å²) < 4.78 is 47.8. The van der Waals surface area contributed by atoms with Crippen molar-refractivity contribution in [3.8, 4) is 47.7 Å². The van der Waals surface area contributed by atoms with Gasteiger partial charge in [-0.05, 0) is 48.5 Å². The molecule has 14 nitrogen and oxygen atoms in total. The van der Waals surface area contributed by atoms with Crippen LogP contribution < -0.4 is 29.6 Å². The number of anilines is 4. The van der Waals surface area contributed by atoms with Crippen molar-refractivity contribution in [2.45, 2.75) is 0 Å². The molecule has 296 valence electrons. The van der Waals surface area contributed by atoms with Gasteiger partial charge >= 0.3 is 0 Å². The van der Waals surface area contributed by atoms with E-state index in [-0.39, 0.29) is 26.4 Å². The van der Waals surface area contributed by atoms with Crippen LogP contribution in [-0.4, -0.2) is 99.2 Å². The Labute approximate surface area is 336 Å². The maximum Gasteiger partial charge on any atom is 0.163 e. The number of nitrogens with zero attached hydrogens (tertiary/aromatic N) is 4. The van der Waals surface area contributed by atoms with E-state index in [1.54, 1.807) is 0 Å². The smallest absolute Gasteiger partial charge is 0.163 e. The summed E-state index contributed by atoms with van der Waals surface area (Å²) in [5.74, 6) is 8.56. The molecule has 6 aromatic rings. The number of ether oxygens (including phenoxy) is 8. The van der Waals surface area contributed by atoms with Crippen LogP contribution in [0.1, 0.15) is 11.1 Å². The van der Waals surface area contributed by atoms with Crippen LogP contribution in [0.2, 0.25) is 0 Å². The number of rotatable bonds is 4. The quantitative estimate of drug-likeness (QED) is 0.192. The molecular formula is C44H42N6O8. The van der Waals surface area contributed by atoms with Crippen molar-refractivity contribution in [2.75, 3.05) is 89.9 Å². The predicted octanol–water partition coefficient (Wildman–Crippen LogP) is 6.32. The molecule has 0 atom stereocenters. The minimum absolute atomic E-state index is 0.266. The van der Waals surface area contributed by atoms with E-state index < -0.39 is 0 Å². The third-order valence-electron chi connectivity index (χ3n) is 8.67. The van der Waals surface area contributed by atoms with E-state index in [2.05, 4.69) is 42.4 Å². The van der Waals surface area contributed by atoms with Crippen LogP contribution in [-0.2, 0) is 18.9 Å². The first-order chi connectivity index (χ1) is 28.7. The molecular weight excluding hydrogens is 741 g/mol. The van der Waals surface area contributed by atoms with E-state index in [0.717, 1.165) is 33.3 Å². The Hall–Kier alpha value is -6.68. The molecule has 4 aromatic carbocycles. The Morgan fingerprint density at radius 3 is 1.17 bits per heavy atom. The van der Waals surface area contributed by atoms with Crippen molar-refractivity contribution >= 4 is 44.8 Å². The van der Waals surface area contributed by atoms with Crippen LogP contribution in [0.25, 0.3) is 21.8 Å². The molecule has 0 fully saturated rings. The van der Waals surface area contributed by atoms with E-state index in [1.807, 2.05) is 72.8 Å². The summed E-state index contributed by atoms with van der Waals surface area (Å²) in [6.07, 6.45) is 14.2. The molecule has 1 aliphatic heterocycles. The molecule has 1 aliphatic rings. The summed E-state index contributed by atoms with van der Waals surface area (Å²) in [4.78, 5) is 17.9. The van der Waals surface area contributed by atoms with Gasteiger partial charge in [0.1, 0.15) is 50.7 Å². The van der Waals surface area contributed by atoms with Gasteiger partial charge in [0.15, 0.2) is 23.0 Å². The van der Waals surface area contributed by atoms with Gasteiger partial charge in [0.25, 0.3) is 0 Å². The first kappa shape index (κ1) is 39.6. The normalized spacial score (nSPS) is 15.0. The second kappa shape index (κ2) is 20.5. The molecule has 58 heavy (non-hydrogen) atoms. The van der Waals surface area contributed by atoms with E-state index in [1.165, 1.54) is 12.7 Å². The maximum atomic E-state index is 6.17. The highest BCUT2D eigenvalue weighted by Crippen LogP contribution is 2.36. The van der Waals surface area contributed by atoms with Crippen molar-refractivity contribution in [1.82, 2.24) is 19.9 Å². The van der Waals surface area contributed by atoms with Crippen LogP contribution in [0.5, 0.6) is 23.0 Å². The van der Waals surface area contributed by atoms with E-state index in [4.69, 9.17) is 50.7 Å². The molecule has 14 heteroatoms. The van der Waals surface area contributed by atoms with Gasteiger partial charge in [-0.15, -0.1) is 12.8 Å². The lowest BCUT2D eigenvalue weighted by Gasteiger charge is -2.16. The maximum absolute atomic E-state index is 6.17. The number of benzene rings is 4. The van der Waals surface area contributed by atoms with Gasteiger partial charge in [0.05, 0.1) is 63.9 Å².